The van der Waals surface area contributed by atoms with Gasteiger partial charge in [-0.1, -0.05) is 29.8 Å². The molecule has 1 amide bonds. The minimum Gasteiger partial charge on any atom is -0.368 e. The fourth-order valence-electron chi connectivity index (χ4n) is 3.14. The van der Waals surface area contributed by atoms with Gasteiger partial charge in [0.2, 0.25) is 5.91 Å². The number of hydrogen-bond acceptors (Lipinski definition) is 3. The fraction of sp³-hybridized carbons (Fsp3) is 0.273. The summed E-state index contributed by atoms with van der Waals surface area (Å²) in [5.74, 6) is 0.130. The van der Waals surface area contributed by atoms with Crippen molar-refractivity contribution in [3.05, 3.63) is 71.3 Å². The molecule has 0 aliphatic carbocycles. The molecule has 3 rings (SSSR count). The summed E-state index contributed by atoms with van der Waals surface area (Å²) in [4.78, 5) is 27.9. The van der Waals surface area contributed by atoms with Gasteiger partial charge in [-0.2, -0.15) is 0 Å². The standard InChI is InChI=1S/C22H24N2O2/c1-17-4-3-5-19(16-17)6-11-22(26)24-14-12-23(13-15-24)21-9-7-20(8-10-21)18(2)25/h3-11,16H,12-15H2,1-2H3/b11-6+. The van der Waals surface area contributed by atoms with Gasteiger partial charge in [0.25, 0.3) is 0 Å². The largest absolute Gasteiger partial charge is 0.368 e. The summed E-state index contributed by atoms with van der Waals surface area (Å²) in [7, 11) is 0. The number of anilines is 1. The molecular formula is C22H24N2O2. The summed E-state index contributed by atoms with van der Waals surface area (Å²) in [6.45, 7) is 6.61. The van der Waals surface area contributed by atoms with E-state index < -0.39 is 0 Å². The Bertz CT molecular complexity index is 816. The van der Waals surface area contributed by atoms with Crippen LogP contribution in [0.25, 0.3) is 6.08 Å². The van der Waals surface area contributed by atoms with E-state index >= 15 is 0 Å². The molecule has 0 saturated carbocycles. The molecule has 26 heavy (non-hydrogen) atoms. The number of Topliss-reactive ketones (excluding diaryl/α,β-unsaturated/α-hetero) is 1. The van der Waals surface area contributed by atoms with Gasteiger partial charge in [-0.3, -0.25) is 9.59 Å². The van der Waals surface area contributed by atoms with Crippen LogP contribution in [0.15, 0.2) is 54.6 Å². The quantitative estimate of drug-likeness (QED) is 0.627. The Morgan fingerprint density at radius 2 is 1.65 bits per heavy atom. The second-order valence-corrected chi connectivity index (χ2v) is 6.66. The highest BCUT2D eigenvalue weighted by Gasteiger charge is 2.19. The van der Waals surface area contributed by atoms with Crippen LogP contribution in [0.4, 0.5) is 5.69 Å². The maximum absolute atomic E-state index is 12.4. The fourth-order valence-corrected chi connectivity index (χ4v) is 3.14. The van der Waals surface area contributed by atoms with E-state index in [1.165, 1.54) is 5.56 Å². The molecule has 1 aliphatic heterocycles. The number of aryl methyl sites for hydroxylation is 1. The van der Waals surface area contributed by atoms with E-state index in [-0.39, 0.29) is 11.7 Å². The molecule has 0 radical (unpaired) electrons. The van der Waals surface area contributed by atoms with Crippen molar-refractivity contribution in [3.8, 4) is 0 Å². The van der Waals surface area contributed by atoms with Crippen molar-refractivity contribution in [3.63, 3.8) is 0 Å². The summed E-state index contributed by atoms with van der Waals surface area (Å²) in [6.07, 6.45) is 3.54. The molecule has 0 unspecified atom stereocenters. The van der Waals surface area contributed by atoms with Crippen LogP contribution in [0.3, 0.4) is 0 Å². The summed E-state index contributed by atoms with van der Waals surface area (Å²) in [5, 5.41) is 0. The number of rotatable bonds is 4. The van der Waals surface area contributed by atoms with E-state index in [0.717, 1.165) is 29.9 Å². The first-order valence-corrected chi connectivity index (χ1v) is 8.92. The van der Waals surface area contributed by atoms with Gasteiger partial charge in [-0.25, -0.2) is 0 Å². The van der Waals surface area contributed by atoms with Gasteiger partial charge in [0.05, 0.1) is 0 Å². The van der Waals surface area contributed by atoms with Gasteiger partial charge in [0.15, 0.2) is 5.78 Å². The molecule has 1 aliphatic rings. The molecule has 4 nitrogen and oxygen atoms in total. The molecule has 2 aromatic carbocycles. The van der Waals surface area contributed by atoms with Crippen LogP contribution >= 0.6 is 0 Å². The number of hydrogen-bond donors (Lipinski definition) is 0. The van der Waals surface area contributed by atoms with Crippen LogP contribution in [0.5, 0.6) is 0 Å². The molecule has 1 heterocycles. The van der Waals surface area contributed by atoms with Gasteiger partial charge in [-0.05, 0) is 49.8 Å². The van der Waals surface area contributed by atoms with Crippen molar-refractivity contribution < 1.29 is 9.59 Å². The molecule has 0 spiro atoms. The van der Waals surface area contributed by atoms with Crippen LogP contribution < -0.4 is 4.90 Å². The Morgan fingerprint density at radius 3 is 2.27 bits per heavy atom. The van der Waals surface area contributed by atoms with Crippen LogP contribution in [0.1, 0.15) is 28.4 Å². The number of ketones is 1. The van der Waals surface area contributed by atoms with Gasteiger partial charge >= 0.3 is 0 Å². The average molecular weight is 348 g/mol. The minimum absolute atomic E-state index is 0.0538. The van der Waals surface area contributed by atoms with E-state index in [2.05, 4.69) is 11.0 Å². The zero-order valence-electron chi connectivity index (χ0n) is 15.3. The maximum atomic E-state index is 12.4. The zero-order chi connectivity index (χ0) is 18.5. The lowest BCUT2D eigenvalue weighted by Gasteiger charge is -2.35. The van der Waals surface area contributed by atoms with E-state index in [4.69, 9.17) is 0 Å². The average Bonchev–Trinajstić information content (AvgIpc) is 2.66. The molecule has 2 aromatic rings. The van der Waals surface area contributed by atoms with Gasteiger partial charge in [-0.15, -0.1) is 0 Å². The van der Waals surface area contributed by atoms with E-state index in [0.29, 0.717) is 13.1 Å². The van der Waals surface area contributed by atoms with Crippen molar-refractivity contribution in [2.75, 3.05) is 31.1 Å². The van der Waals surface area contributed by atoms with Crippen molar-refractivity contribution in [1.29, 1.82) is 0 Å². The number of nitrogens with zero attached hydrogens (tertiary/aromatic N) is 2. The Morgan fingerprint density at radius 1 is 0.962 bits per heavy atom. The summed E-state index contributed by atoms with van der Waals surface area (Å²) < 4.78 is 0. The predicted molar refractivity (Wildman–Crippen MR) is 105 cm³/mol. The molecule has 0 N–H and O–H groups in total. The Labute approximate surface area is 154 Å². The second-order valence-electron chi connectivity index (χ2n) is 6.66. The molecule has 0 bridgehead atoms. The zero-order valence-corrected chi connectivity index (χ0v) is 15.3. The first kappa shape index (κ1) is 17.9. The molecule has 0 aromatic heterocycles. The highest BCUT2D eigenvalue weighted by Crippen LogP contribution is 2.18. The SMILES string of the molecule is CC(=O)c1ccc(N2CCN(C(=O)/C=C/c3cccc(C)c3)CC2)cc1. The van der Waals surface area contributed by atoms with Crippen molar-refractivity contribution >= 4 is 23.5 Å². The van der Waals surface area contributed by atoms with Gasteiger partial charge in [0.1, 0.15) is 0 Å². The lowest BCUT2D eigenvalue weighted by Crippen LogP contribution is -2.48. The molecule has 134 valence electrons. The Kier molecular flexibility index (Phi) is 5.52. The van der Waals surface area contributed by atoms with E-state index in [1.54, 1.807) is 13.0 Å². The topological polar surface area (TPSA) is 40.6 Å². The molecular weight excluding hydrogens is 324 g/mol. The van der Waals surface area contributed by atoms with Crippen LogP contribution in [0, 0.1) is 6.92 Å². The highest BCUT2D eigenvalue weighted by molar-refractivity contribution is 5.94. The number of piperazine rings is 1. The third-order valence-electron chi connectivity index (χ3n) is 4.69. The van der Waals surface area contributed by atoms with E-state index in [1.807, 2.05) is 60.4 Å². The Balaban J connectivity index is 1.56. The van der Waals surface area contributed by atoms with Crippen molar-refractivity contribution in [2.24, 2.45) is 0 Å². The Hall–Kier alpha value is -2.88. The number of carbonyl (C=O) groups is 2. The number of carbonyl (C=O) groups excluding carboxylic acids is 2. The highest BCUT2D eigenvalue weighted by atomic mass is 16.2. The number of benzene rings is 2. The smallest absolute Gasteiger partial charge is 0.246 e. The van der Waals surface area contributed by atoms with Gasteiger partial charge in [0, 0.05) is 43.5 Å². The summed E-state index contributed by atoms with van der Waals surface area (Å²) in [5.41, 5.74) is 4.05. The second kappa shape index (κ2) is 8.00. The molecule has 4 heteroatoms. The maximum Gasteiger partial charge on any atom is 0.246 e. The normalized spacial score (nSPS) is 14.7. The van der Waals surface area contributed by atoms with E-state index in [9.17, 15) is 9.59 Å². The third-order valence-corrected chi connectivity index (χ3v) is 4.69. The predicted octanol–water partition coefficient (Wildman–Crippen LogP) is 3.56. The lowest BCUT2D eigenvalue weighted by atomic mass is 10.1. The van der Waals surface area contributed by atoms with Crippen LogP contribution in [-0.4, -0.2) is 42.8 Å². The van der Waals surface area contributed by atoms with Gasteiger partial charge < -0.3 is 9.80 Å². The first-order valence-electron chi connectivity index (χ1n) is 8.92. The number of amides is 1. The minimum atomic E-state index is 0.0538. The lowest BCUT2D eigenvalue weighted by molar-refractivity contribution is -0.126. The summed E-state index contributed by atoms with van der Waals surface area (Å²) in [6, 6.07) is 15.8. The van der Waals surface area contributed by atoms with Crippen molar-refractivity contribution in [2.45, 2.75) is 13.8 Å². The molecule has 1 saturated heterocycles. The molecule has 0 atom stereocenters. The summed E-state index contributed by atoms with van der Waals surface area (Å²) >= 11 is 0. The monoisotopic (exact) mass is 348 g/mol. The van der Waals surface area contributed by atoms with Crippen LogP contribution in [0.2, 0.25) is 0 Å². The van der Waals surface area contributed by atoms with Crippen molar-refractivity contribution in [1.82, 2.24) is 4.90 Å². The first-order chi connectivity index (χ1) is 12.5. The molecule has 1 fully saturated rings. The third kappa shape index (κ3) is 4.39. The van der Waals surface area contributed by atoms with Crippen LogP contribution in [-0.2, 0) is 4.79 Å².